The third-order valence-electron chi connectivity index (χ3n) is 3.28. The molecule has 3 N–H and O–H groups in total. The summed E-state index contributed by atoms with van der Waals surface area (Å²) >= 11 is 9.23. The number of nitrogens with one attached hydrogen (secondary N) is 2. The number of carbonyl (C=O) groups is 1. The van der Waals surface area contributed by atoms with Crippen molar-refractivity contribution in [1.29, 1.82) is 0 Å². The molecule has 0 spiro atoms. The van der Waals surface area contributed by atoms with Gasteiger partial charge in [-0.2, -0.15) is 5.10 Å². The average Bonchev–Trinajstić information content (AvgIpc) is 2.57. The Morgan fingerprint density at radius 3 is 2.71 bits per heavy atom. The zero-order chi connectivity index (χ0) is 17.5. The molecule has 0 aliphatic heterocycles. The van der Waals surface area contributed by atoms with Gasteiger partial charge in [-0.3, -0.25) is 4.79 Å². The lowest BCUT2D eigenvalue weighted by Crippen LogP contribution is -2.36. The molecule has 0 aliphatic rings. The van der Waals surface area contributed by atoms with Gasteiger partial charge >= 0.3 is 0 Å². The molecule has 0 unspecified atom stereocenters. The molecule has 0 heterocycles. The number of anilines is 1. The predicted octanol–water partition coefficient (Wildman–Crippen LogP) is 4.15. The van der Waals surface area contributed by atoms with Crippen molar-refractivity contribution in [1.82, 2.24) is 5.43 Å². The van der Waals surface area contributed by atoms with Gasteiger partial charge in [0, 0.05) is 20.7 Å². The largest absolute Gasteiger partial charge is 0.507 e. The van der Waals surface area contributed by atoms with Gasteiger partial charge in [-0.25, -0.2) is 5.43 Å². The number of hydrazone groups is 1. The number of rotatable bonds is 6. The van der Waals surface area contributed by atoms with E-state index in [0.29, 0.717) is 17.0 Å². The number of halogens is 2. The number of carbonyl (C=O) groups excluding carboxylic acids is 1. The fourth-order valence-electron chi connectivity index (χ4n) is 1.97. The summed E-state index contributed by atoms with van der Waals surface area (Å²) in [6.45, 7) is 1.91. The Morgan fingerprint density at radius 1 is 1.33 bits per heavy atom. The van der Waals surface area contributed by atoms with Crippen molar-refractivity contribution in [2.75, 3.05) is 5.32 Å². The molecule has 0 radical (unpaired) electrons. The highest BCUT2D eigenvalue weighted by atomic mass is 79.9. The van der Waals surface area contributed by atoms with Crippen molar-refractivity contribution in [3.05, 3.63) is 57.5 Å². The summed E-state index contributed by atoms with van der Waals surface area (Å²) in [6.07, 6.45) is 1.95. The highest BCUT2D eigenvalue weighted by Crippen LogP contribution is 2.19. The van der Waals surface area contributed by atoms with Crippen LogP contribution in [-0.4, -0.2) is 23.3 Å². The van der Waals surface area contributed by atoms with E-state index in [1.54, 1.807) is 12.1 Å². The van der Waals surface area contributed by atoms with Crippen LogP contribution in [0, 0.1) is 0 Å². The van der Waals surface area contributed by atoms with Gasteiger partial charge < -0.3 is 10.4 Å². The molecule has 24 heavy (non-hydrogen) atoms. The lowest BCUT2D eigenvalue weighted by atomic mass is 10.2. The van der Waals surface area contributed by atoms with Crippen molar-refractivity contribution < 1.29 is 9.90 Å². The van der Waals surface area contributed by atoms with Crippen LogP contribution in [0.15, 0.2) is 52.0 Å². The maximum atomic E-state index is 12.2. The second-order valence-corrected chi connectivity index (χ2v) is 6.40. The highest BCUT2D eigenvalue weighted by Gasteiger charge is 2.15. The van der Waals surface area contributed by atoms with Crippen molar-refractivity contribution in [2.24, 2.45) is 5.10 Å². The molecule has 1 atom stereocenters. The minimum atomic E-state index is -0.420. The van der Waals surface area contributed by atoms with E-state index in [9.17, 15) is 9.90 Å². The number of amides is 1. The van der Waals surface area contributed by atoms with Crippen LogP contribution in [0.25, 0.3) is 0 Å². The quantitative estimate of drug-likeness (QED) is 0.495. The molecule has 0 aliphatic carbocycles. The molecular weight excluding hydrogens is 394 g/mol. The zero-order valence-electron chi connectivity index (χ0n) is 13.0. The molecule has 0 fully saturated rings. The van der Waals surface area contributed by atoms with Crippen molar-refractivity contribution in [3.63, 3.8) is 0 Å². The van der Waals surface area contributed by atoms with E-state index in [-0.39, 0.29) is 11.7 Å². The number of hydrogen-bond acceptors (Lipinski definition) is 4. The van der Waals surface area contributed by atoms with Gasteiger partial charge in [0.1, 0.15) is 11.8 Å². The molecule has 2 rings (SSSR count). The van der Waals surface area contributed by atoms with Crippen LogP contribution < -0.4 is 10.7 Å². The minimum Gasteiger partial charge on any atom is -0.507 e. The maximum absolute atomic E-state index is 12.2. The Labute approximate surface area is 153 Å². The summed E-state index contributed by atoms with van der Waals surface area (Å²) in [5.74, 6) is -0.226. The third kappa shape index (κ3) is 5.25. The van der Waals surface area contributed by atoms with Gasteiger partial charge in [0.25, 0.3) is 5.91 Å². The number of phenolic OH excluding ortho intramolecular Hbond substituents is 1. The second-order valence-electron chi connectivity index (χ2n) is 5.05. The van der Waals surface area contributed by atoms with E-state index >= 15 is 0 Å². The minimum absolute atomic E-state index is 0.0393. The van der Waals surface area contributed by atoms with Gasteiger partial charge in [0.05, 0.1) is 6.21 Å². The molecule has 5 nitrogen and oxygen atoms in total. The van der Waals surface area contributed by atoms with Crippen molar-refractivity contribution >= 4 is 45.3 Å². The molecule has 0 aromatic heterocycles. The molecule has 2 aromatic rings. The van der Waals surface area contributed by atoms with Gasteiger partial charge in [-0.05, 0) is 48.9 Å². The van der Waals surface area contributed by atoms with Gasteiger partial charge in [-0.15, -0.1) is 0 Å². The molecule has 0 saturated carbocycles. The van der Waals surface area contributed by atoms with Crippen LogP contribution in [0.4, 0.5) is 5.69 Å². The van der Waals surface area contributed by atoms with Gasteiger partial charge in [0.15, 0.2) is 0 Å². The van der Waals surface area contributed by atoms with E-state index in [1.807, 2.05) is 31.2 Å². The molecule has 0 bridgehead atoms. The Bertz CT molecular complexity index is 735. The number of hydrogen-bond donors (Lipinski definition) is 3. The van der Waals surface area contributed by atoms with Gasteiger partial charge in [-0.1, -0.05) is 34.5 Å². The zero-order valence-corrected chi connectivity index (χ0v) is 15.3. The normalized spacial score (nSPS) is 12.1. The Morgan fingerprint density at radius 2 is 2.04 bits per heavy atom. The summed E-state index contributed by atoms with van der Waals surface area (Å²) in [6, 6.07) is 11.7. The van der Waals surface area contributed by atoms with E-state index < -0.39 is 6.04 Å². The molecule has 126 valence electrons. The number of nitrogens with zero attached hydrogens (tertiary/aromatic N) is 1. The first-order valence-electron chi connectivity index (χ1n) is 7.33. The third-order valence-corrected chi connectivity index (χ3v) is 4.04. The standard InChI is InChI=1S/C17H17BrClN3O2/c1-2-15(21-14-6-3-12(18)4-7-14)17(24)22-20-10-11-9-13(19)5-8-16(11)23/h3-10,15,21,23H,2H2,1H3,(H,22,24)/b20-10-/t15-/m1/s1. The fraction of sp³-hybridized carbons (Fsp3) is 0.176. The SMILES string of the molecule is CC[C@@H](Nc1ccc(Br)cc1)C(=O)N/N=C\c1cc(Cl)ccc1O. The van der Waals surface area contributed by atoms with Gasteiger partial charge in [0.2, 0.25) is 0 Å². The lowest BCUT2D eigenvalue weighted by molar-refractivity contribution is -0.121. The van der Waals surface area contributed by atoms with Crippen LogP contribution >= 0.6 is 27.5 Å². The molecule has 1 amide bonds. The Hall–Kier alpha value is -2.05. The Kier molecular flexibility index (Phi) is 6.63. The van der Waals surface area contributed by atoms with Crippen LogP contribution in [0.2, 0.25) is 5.02 Å². The average molecular weight is 411 g/mol. The smallest absolute Gasteiger partial charge is 0.262 e. The van der Waals surface area contributed by atoms with Crippen LogP contribution in [0.1, 0.15) is 18.9 Å². The number of benzene rings is 2. The van der Waals surface area contributed by atoms with Crippen molar-refractivity contribution in [3.8, 4) is 5.75 Å². The number of aromatic hydroxyl groups is 1. The summed E-state index contributed by atoms with van der Waals surface area (Å²) < 4.78 is 0.969. The first-order chi connectivity index (χ1) is 11.5. The van der Waals surface area contributed by atoms with E-state index in [4.69, 9.17) is 11.6 Å². The summed E-state index contributed by atoms with van der Waals surface area (Å²) in [7, 11) is 0. The molecular formula is C17H17BrClN3O2. The molecule has 0 saturated heterocycles. The lowest BCUT2D eigenvalue weighted by Gasteiger charge is -2.16. The van der Waals surface area contributed by atoms with E-state index in [1.165, 1.54) is 12.3 Å². The molecule has 2 aromatic carbocycles. The van der Waals surface area contributed by atoms with E-state index in [0.717, 1.165) is 10.2 Å². The monoisotopic (exact) mass is 409 g/mol. The van der Waals surface area contributed by atoms with Crippen molar-refractivity contribution in [2.45, 2.75) is 19.4 Å². The summed E-state index contributed by atoms with van der Waals surface area (Å²) in [4.78, 5) is 12.2. The number of phenols is 1. The first kappa shape index (κ1) is 18.3. The van der Waals surface area contributed by atoms with E-state index in [2.05, 4.69) is 31.8 Å². The topological polar surface area (TPSA) is 73.7 Å². The predicted molar refractivity (Wildman–Crippen MR) is 101 cm³/mol. The molecule has 7 heteroatoms. The maximum Gasteiger partial charge on any atom is 0.262 e. The first-order valence-corrected chi connectivity index (χ1v) is 8.50. The van der Waals surface area contributed by atoms with Crippen LogP contribution in [0.3, 0.4) is 0 Å². The van der Waals surface area contributed by atoms with Crippen LogP contribution in [-0.2, 0) is 4.79 Å². The Balaban J connectivity index is 1.97. The fourth-order valence-corrected chi connectivity index (χ4v) is 2.42. The summed E-state index contributed by atoms with van der Waals surface area (Å²) in [5, 5.41) is 17.2. The highest BCUT2D eigenvalue weighted by molar-refractivity contribution is 9.10. The van der Waals surface area contributed by atoms with Crippen LogP contribution in [0.5, 0.6) is 5.75 Å². The summed E-state index contributed by atoms with van der Waals surface area (Å²) in [5.41, 5.74) is 3.74. The second kappa shape index (κ2) is 8.70.